The number of alkyl halides is 3. The fourth-order valence-electron chi connectivity index (χ4n) is 5.66. The van der Waals surface area contributed by atoms with Gasteiger partial charge in [0.2, 0.25) is 17.7 Å². The number of benzene rings is 1. The molecule has 1 atom stereocenters. The van der Waals surface area contributed by atoms with Gasteiger partial charge in [-0.25, -0.2) is 4.68 Å². The summed E-state index contributed by atoms with van der Waals surface area (Å²) in [7, 11) is 0.970. The third-order valence-electron chi connectivity index (χ3n) is 8.38. The van der Waals surface area contributed by atoms with Gasteiger partial charge in [0.15, 0.2) is 0 Å². The molecule has 1 aromatic carbocycles. The average Bonchev–Trinajstić information content (AvgIpc) is 3.56. The largest absolute Gasteiger partial charge is 0.431 e. The third-order valence-corrected chi connectivity index (χ3v) is 8.38. The number of amides is 5. The molecule has 48 heavy (non-hydrogen) atoms. The zero-order valence-electron chi connectivity index (χ0n) is 25.8. The highest BCUT2D eigenvalue weighted by molar-refractivity contribution is 6.23. The smallest absolute Gasteiger partial charge is 0.369 e. The molecule has 2 fully saturated rings. The highest BCUT2D eigenvalue weighted by Crippen LogP contribution is 2.34. The Morgan fingerprint density at radius 1 is 1.04 bits per heavy atom. The Morgan fingerprint density at radius 2 is 1.75 bits per heavy atom. The minimum Gasteiger partial charge on any atom is -0.369 e. The lowest BCUT2D eigenvalue weighted by Crippen LogP contribution is -2.54. The average molecular weight is 664 g/mol. The second-order valence-electron chi connectivity index (χ2n) is 12.0. The molecule has 0 radical (unpaired) electrons. The fraction of sp³-hybridized carbons (Fsp3) is 0.344. The van der Waals surface area contributed by atoms with Crippen LogP contribution in [0.15, 0.2) is 41.3 Å². The van der Waals surface area contributed by atoms with E-state index in [4.69, 9.17) is 0 Å². The molecule has 13 nitrogen and oxygen atoms in total. The van der Waals surface area contributed by atoms with Crippen LogP contribution in [0.4, 0.5) is 24.5 Å². The van der Waals surface area contributed by atoms with Crippen molar-refractivity contribution >= 4 is 40.9 Å². The molecule has 248 valence electrons. The number of nitrogens with one attached hydrogen (secondary N) is 2. The predicted molar refractivity (Wildman–Crippen MR) is 163 cm³/mol. The summed E-state index contributed by atoms with van der Waals surface area (Å²) in [5, 5.41) is 8.83. The number of carbonyl (C=O) groups excluding carboxylic acids is 5. The third kappa shape index (κ3) is 5.72. The quantitative estimate of drug-likeness (QED) is 0.311. The van der Waals surface area contributed by atoms with Gasteiger partial charge < -0.3 is 14.8 Å². The normalized spacial score (nSPS) is 18.0. The maximum Gasteiger partial charge on any atom is 0.431 e. The second-order valence-corrected chi connectivity index (χ2v) is 12.0. The highest BCUT2D eigenvalue weighted by atomic mass is 19.4. The Balaban J connectivity index is 1.17. The van der Waals surface area contributed by atoms with Gasteiger partial charge in [0.25, 0.3) is 17.4 Å². The maximum absolute atomic E-state index is 13.7. The van der Waals surface area contributed by atoms with Gasteiger partial charge >= 0.3 is 6.18 Å². The number of fused-ring (bicyclic) bond motifs is 1. The lowest BCUT2D eigenvalue weighted by Gasteiger charge is -2.38. The van der Waals surface area contributed by atoms with Gasteiger partial charge in [-0.05, 0) is 42.7 Å². The van der Waals surface area contributed by atoms with E-state index < -0.39 is 58.9 Å². The van der Waals surface area contributed by atoms with Crippen molar-refractivity contribution in [2.45, 2.75) is 38.9 Å². The fourth-order valence-corrected chi connectivity index (χ4v) is 5.66. The number of hydrogen-bond donors (Lipinski definition) is 2. The summed E-state index contributed by atoms with van der Waals surface area (Å²) in [6, 6.07) is 5.96. The molecule has 2 N–H and O–H groups in total. The van der Waals surface area contributed by atoms with Crippen molar-refractivity contribution in [1.29, 1.82) is 0 Å². The monoisotopic (exact) mass is 663 g/mol. The summed E-state index contributed by atoms with van der Waals surface area (Å²) >= 11 is 0. The Kier molecular flexibility index (Phi) is 7.94. The van der Waals surface area contributed by atoms with E-state index in [0.29, 0.717) is 23.3 Å². The number of anilines is 2. The van der Waals surface area contributed by atoms with Gasteiger partial charge in [-0.1, -0.05) is 19.8 Å². The molecule has 1 unspecified atom stereocenters. The van der Waals surface area contributed by atoms with Crippen LogP contribution in [-0.2, 0) is 27.6 Å². The van der Waals surface area contributed by atoms with Crippen LogP contribution in [0.1, 0.15) is 58.8 Å². The van der Waals surface area contributed by atoms with E-state index in [9.17, 15) is 41.9 Å². The van der Waals surface area contributed by atoms with E-state index >= 15 is 0 Å². The molecule has 5 amide bonds. The Bertz CT molecular complexity index is 2030. The minimum absolute atomic E-state index is 0.0221. The van der Waals surface area contributed by atoms with Crippen LogP contribution in [0.3, 0.4) is 0 Å². The summed E-state index contributed by atoms with van der Waals surface area (Å²) in [6.07, 6.45) is -3.42. The number of aromatic nitrogens is 3. The van der Waals surface area contributed by atoms with Crippen LogP contribution in [0.25, 0.3) is 5.69 Å². The number of pyridine rings is 1. The van der Waals surface area contributed by atoms with Crippen molar-refractivity contribution in [2.75, 3.05) is 23.3 Å². The van der Waals surface area contributed by atoms with Gasteiger partial charge in [0, 0.05) is 44.4 Å². The van der Waals surface area contributed by atoms with E-state index in [1.165, 1.54) is 18.3 Å². The number of halogens is 3. The Labute approximate surface area is 270 Å². The number of rotatable bonds is 5. The lowest BCUT2D eigenvalue weighted by molar-refractivity contribution is -0.143. The minimum atomic E-state index is -4.84. The molecular formula is C32H28F3N7O6. The van der Waals surface area contributed by atoms with Crippen LogP contribution >= 0.6 is 0 Å². The molecule has 6 rings (SSSR count). The van der Waals surface area contributed by atoms with Gasteiger partial charge in [-0.3, -0.25) is 39.0 Å². The molecule has 5 heterocycles. The molecule has 16 heteroatoms. The highest BCUT2D eigenvalue weighted by Gasteiger charge is 2.45. The first kappa shape index (κ1) is 32.2. The number of carbonyl (C=O) groups is 5. The maximum atomic E-state index is 13.7. The summed E-state index contributed by atoms with van der Waals surface area (Å²) in [5.41, 5.74) is -1.65. The number of imide groups is 2. The van der Waals surface area contributed by atoms with Crippen LogP contribution in [0.5, 0.6) is 0 Å². The molecule has 3 aromatic rings. The molecule has 0 spiro atoms. The van der Waals surface area contributed by atoms with Crippen molar-refractivity contribution < 1.29 is 37.1 Å². The van der Waals surface area contributed by atoms with E-state index in [1.54, 1.807) is 26.0 Å². The van der Waals surface area contributed by atoms with E-state index in [1.807, 2.05) is 4.90 Å². The summed E-state index contributed by atoms with van der Waals surface area (Å²) in [4.78, 5) is 78.1. The standard InChI is InChI=1S/C32H28F3N7O6/c1-16(2)27(44)37-26-23(13-24(32(33,34)35)39(3)31(26)48)41-11-10-18(38-41)5-4-17-14-40(15-17)19-6-7-20-21(12-19)30(47)42(29(20)46)22-8-9-25(43)36-28(22)45/h6-7,10-13,16-17,22H,8-9,14-15H2,1-3H3,(H,37,44)(H,36,43,45). The number of hydrogen-bond acceptors (Lipinski definition) is 8. The summed E-state index contributed by atoms with van der Waals surface area (Å²) in [5.74, 6) is 2.39. The molecule has 0 saturated carbocycles. The van der Waals surface area contributed by atoms with Crippen LogP contribution in [0, 0.1) is 23.7 Å². The van der Waals surface area contributed by atoms with Gasteiger partial charge in [0.1, 0.15) is 23.1 Å². The second kappa shape index (κ2) is 11.8. The first-order valence-electron chi connectivity index (χ1n) is 14.9. The molecule has 3 aliphatic rings. The Morgan fingerprint density at radius 3 is 2.42 bits per heavy atom. The van der Waals surface area contributed by atoms with Crippen molar-refractivity contribution in [3.05, 3.63) is 69.4 Å². The number of piperidine rings is 1. The number of nitrogens with zero attached hydrogens (tertiary/aromatic N) is 5. The lowest BCUT2D eigenvalue weighted by atomic mass is 9.98. The predicted octanol–water partition coefficient (Wildman–Crippen LogP) is 2.07. The van der Waals surface area contributed by atoms with E-state index in [2.05, 4.69) is 27.6 Å². The van der Waals surface area contributed by atoms with E-state index in [0.717, 1.165) is 22.7 Å². The molecular weight excluding hydrogens is 635 g/mol. The first-order chi connectivity index (χ1) is 22.6. The molecule has 0 bridgehead atoms. The van der Waals surface area contributed by atoms with Crippen LogP contribution < -0.4 is 21.1 Å². The van der Waals surface area contributed by atoms with Gasteiger partial charge in [-0.15, -0.1) is 0 Å². The molecule has 2 saturated heterocycles. The molecule has 0 aliphatic carbocycles. The van der Waals surface area contributed by atoms with E-state index in [-0.39, 0.29) is 47.0 Å². The van der Waals surface area contributed by atoms with Crippen LogP contribution in [0.2, 0.25) is 0 Å². The summed E-state index contributed by atoms with van der Waals surface area (Å²) < 4.78 is 42.7. The molecule has 2 aromatic heterocycles. The topological polar surface area (TPSA) is 156 Å². The van der Waals surface area contributed by atoms with Crippen molar-refractivity contribution in [3.8, 4) is 17.5 Å². The van der Waals surface area contributed by atoms with Crippen LogP contribution in [-0.4, -0.2) is 67.9 Å². The zero-order chi connectivity index (χ0) is 34.7. The van der Waals surface area contributed by atoms with Crippen molar-refractivity contribution in [1.82, 2.24) is 24.6 Å². The Hall–Kier alpha value is -5.72. The zero-order valence-corrected chi connectivity index (χ0v) is 25.8. The molecule has 3 aliphatic heterocycles. The van der Waals surface area contributed by atoms with Gasteiger partial charge in [0.05, 0.1) is 22.7 Å². The van der Waals surface area contributed by atoms with Gasteiger partial charge in [-0.2, -0.15) is 18.3 Å². The first-order valence-corrected chi connectivity index (χ1v) is 14.9. The summed E-state index contributed by atoms with van der Waals surface area (Å²) in [6.45, 7) is 4.10. The van der Waals surface area contributed by atoms with Crippen molar-refractivity contribution in [2.24, 2.45) is 18.9 Å². The van der Waals surface area contributed by atoms with Crippen molar-refractivity contribution in [3.63, 3.8) is 0 Å². The SMILES string of the molecule is CC(C)C(=O)Nc1c(-n2ccc(C#CC3CN(c4ccc5c(c4)C(=O)N(C4CCC(=O)NC4=O)C5=O)C3)n2)cc(C(F)(F)F)n(C)c1=O.